The van der Waals surface area contributed by atoms with Crippen LogP contribution >= 0.6 is 0 Å². The second-order valence-corrected chi connectivity index (χ2v) is 10.4. The lowest BCUT2D eigenvalue weighted by Gasteiger charge is -2.26. The molecule has 9 nitrogen and oxygen atoms in total. The van der Waals surface area contributed by atoms with Gasteiger partial charge in [0, 0.05) is 25.0 Å². The summed E-state index contributed by atoms with van der Waals surface area (Å²) in [6.07, 6.45) is -1.90. The highest BCUT2D eigenvalue weighted by atomic mass is 16.6. The molecule has 1 heterocycles. The Balaban J connectivity index is 1.24. The number of rotatable bonds is 11. The average molecular weight is 559 g/mol. The second-order valence-electron chi connectivity index (χ2n) is 10.4. The van der Waals surface area contributed by atoms with Gasteiger partial charge in [0.25, 0.3) is 0 Å². The fraction of sp³-hybridized carbons (Fsp3) is 0.344. The Morgan fingerprint density at radius 1 is 0.951 bits per heavy atom. The summed E-state index contributed by atoms with van der Waals surface area (Å²) in [4.78, 5) is 37.8. The Labute approximate surface area is 238 Å². The minimum atomic E-state index is -1.07. The Kier molecular flexibility index (Phi) is 8.96. The topological polar surface area (TPSA) is 123 Å². The fourth-order valence-electron chi connectivity index (χ4n) is 5.52. The summed E-state index contributed by atoms with van der Waals surface area (Å²) in [5, 5.41) is 14.9. The van der Waals surface area contributed by atoms with Crippen molar-refractivity contribution >= 4 is 18.0 Å². The van der Waals surface area contributed by atoms with Crippen LogP contribution in [0.1, 0.15) is 36.0 Å². The van der Waals surface area contributed by atoms with E-state index >= 15 is 0 Å². The molecule has 0 radical (unpaired) electrons. The number of nitrogens with one attached hydrogen (secondary N) is 2. The van der Waals surface area contributed by atoms with E-state index in [-0.39, 0.29) is 31.6 Å². The Bertz CT molecular complexity index is 1330. The summed E-state index contributed by atoms with van der Waals surface area (Å²) in [7, 11) is 0. The molecule has 4 atom stereocenters. The van der Waals surface area contributed by atoms with E-state index in [1.54, 1.807) is 6.92 Å². The first-order valence-corrected chi connectivity index (χ1v) is 13.8. The van der Waals surface area contributed by atoms with Crippen molar-refractivity contribution < 1.29 is 33.7 Å². The first kappa shape index (κ1) is 28.3. The maximum atomic E-state index is 13.3. The number of amides is 2. The highest BCUT2D eigenvalue weighted by Gasteiger charge is 2.36. The van der Waals surface area contributed by atoms with Crippen molar-refractivity contribution in [1.82, 2.24) is 10.6 Å². The van der Waals surface area contributed by atoms with Gasteiger partial charge in [-0.15, -0.1) is 0 Å². The molecule has 0 saturated carbocycles. The Morgan fingerprint density at radius 2 is 1.59 bits per heavy atom. The van der Waals surface area contributed by atoms with Gasteiger partial charge in [0.2, 0.25) is 5.91 Å². The molecule has 2 amide bonds. The molecular formula is C32H34N2O7. The van der Waals surface area contributed by atoms with E-state index < -0.39 is 36.2 Å². The maximum absolute atomic E-state index is 13.3. The van der Waals surface area contributed by atoms with E-state index in [9.17, 15) is 19.5 Å². The third-order valence-electron chi connectivity index (χ3n) is 7.72. The van der Waals surface area contributed by atoms with Gasteiger partial charge in [-0.25, -0.2) is 9.59 Å². The standard InChI is InChI=1S/C32H34N2O7/c1-20(40-18-21-9-3-2-4-10-21)28(30(35)33-17-22-15-16-39-29(22)31(36)37)34-32(38)41-19-27-25-13-7-5-11-23(25)24-12-6-8-14-26(24)27/h2-14,20,22,27-29H,15-19H2,1H3,(H,33,35)(H,34,38)(H,36,37)/t20-,22+,28+,29+/m0/s1. The highest BCUT2D eigenvalue weighted by Crippen LogP contribution is 2.44. The summed E-state index contributed by atoms with van der Waals surface area (Å²) in [6, 6.07) is 24.5. The van der Waals surface area contributed by atoms with E-state index in [0.29, 0.717) is 13.0 Å². The predicted molar refractivity (Wildman–Crippen MR) is 151 cm³/mol. The van der Waals surface area contributed by atoms with Crippen LogP contribution in [0.3, 0.4) is 0 Å². The number of fused-ring (bicyclic) bond motifs is 3. The van der Waals surface area contributed by atoms with Gasteiger partial charge >= 0.3 is 12.1 Å². The quantitative estimate of drug-likeness (QED) is 0.324. The van der Waals surface area contributed by atoms with Crippen LogP contribution < -0.4 is 10.6 Å². The molecule has 1 saturated heterocycles. The van der Waals surface area contributed by atoms with Gasteiger partial charge in [-0.2, -0.15) is 0 Å². The molecule has 1 fully saturated rings. The lowest BCUT2D eigenvalue weighted by Crippen LogP contribution is -2.54. The summed E-state index contributed by atoms with van der Waals surface area (Å²) < 4.78 is 16.9. The average Bonchev–Trinajstić information content (AvgIpc) is 3.60. The van der Waals surface area contributed by atoms with Crippen molar-refractivity contribution in [2.75, 3.05) is 19.8 Å². The summed E-state index contributed by atoms with van der Waals surface area (Å²) in [5.41, 5.74) is 5.33. The first-order chi connectivity index (χ1) is 19.9. The van der Waals surface area contributed by atoms with E-state index in [1.165, 1.54) is 0 Å². The summed E-state index contributed by atoms with van der Waals surface area (Å²) in [5.74, 6) is -2.04. The monoisotopic (exact) mass is 558 g/mol. The van der Waals surface area contributed by atoms with E-state index in [2.05, 4.69) is 22.8 Å². The normalized spacial score (nSPS) is 19.0. The van der Waals surface area contributed by atoms with Gasteiger partial charge in [0.1, 0.15) is 12.6 Å². The second kappa shape index (κ2) is 13.0. The van der Waals surface area contributed by atoms with Crippen molar-refractivity contribution in [3.05, 3.63) is 95.6 Å². The molecular weight excluding hydrogens is 524 g/mol. The maximum Gasteiger partial charge on any atom is 0.407 e. The molecule has 1 aliphatic carbocycles. The number of carbonyl (C=O) groups is 3. The molecule has 41 heavy (non-hydrogen) atoms. The lowest BCUT2D eigenvalue weighted by molar-refractivity contribution is -0.149. The molecule has 214 valence electrons. The van der Waals surface area contributed by atoms with Crippen molar-refractivity contribution in [1.29, 1.82) is 0 Å². The van der Waals surface area contributed by atoms with E-state index in [1.807, 2.05) is 66.7 Å². The zero-order valence-corrected chi connectivity index (χ0v) is 22.8. The lowest BCUT2D eigenvalue weighted by atomic mass is 9.98. The minimum absolute atomic E-state index is 0.101. The van der Waals surface area contributed by atoms with E-state index in [0.717, 1.165) is 27.8 Å². The number of ether oxygens (including phenoxy) is 3. The molecule has 0 spiro atoms. The number of aliphatic carboxylic acids is 1. The predicted octanol–water partition coefficient (Wildman–Crippen LogP) is 4.10. The number of carboxylic acid groups (broad SMARTS) is 1. The van der Waals surface area contributed by atoms with Crippen LogP contribution in [-0.2, 0) is 30.4 Å². The molecule has 0 bridgehead atoms. The van der Waals surface area contributed by atoms with Gasteiger partial charge < -0.3 is 30.0 Å². The molecule has 0 aromatic heterocycles. The van der Waals surface area contributed by atoms with Gasteiger partial charge in [0.15, 0.2) is 6.10 Å². The van der Waals surface area contributed by atoms with Crippen LogP contribution in [0, 0.1) is 5.92 Å². The summed E-state index contributed by atoms with van der Waals surface area (Å²) in [6.45, 7) is 2.47. The minimum Gasteiger partial charge on any atom is -0.479 e. The van der Waals surface area contributed by atoms with Crippen LogP contribution in [0.5, 0.6) is 0 Å². The smallest absolute Gasteiger partial charge is 0.407 e. The van der Waals surface area contributed by atoms with Gasteiger partial charge in [-0.05, 0) is 41.2 Å². The number of hydrogen-bond donors (Lipinski definition) is 3. The third kappa shape index (κ3) is 6.58. The largest absolute Gasteiger partial charge is 0.479 e. The highest BCUT2D eigenvalue weighted by molar-refractivity contribution is 5.86. The SMILES string of the molecule is C[C@H](OCc1ccccc1)[C@@H](NC(=O)OCC1c2ccccc2-c2ccccc21)C(=O)NC[C@H]1CCO[C@H]1C(=O)O. The molecule has 5 rings (SSSR count). The van der Waals surface area contributed by atoms with Gasteiger partial charge in [-0.3, -0.25) is 4.79 Å². The zero-order chi connectivity index (χ0) is 28.8. The summed E-state index contributed by atoms with van der Waals surface area (Å²) >= 11 is 0. The molecule has 9 heteroatoms. The molecule has 1 aliphatic heterocycles. The van der Waals surface area contributed by atoms with E-state index in [4.69, 9.17) is 14.2 Å². The Morgan fingerprint density at radius 3 is 2.24 bits per heavy atom. The third-order valence-corrected chi connectivity index (χ3v) is 7.72. The number of benzene rings is 3. The number of hydrogen-bond acceptors (Lipinski definition) is 6. The fourth-order valence-corrected chi connectivity index (χ4v) is 5.52. The van der Waals surface area contributed by atoms with Crippen LogP contribution in [0.2, 0.25) is 0 Å². The van der Waals surface area contributed by atoms with Crippen molar-refractivity contribution in [2.45, 2.75) is 44.1 Å². The number of carboxylic acids is 1. The molecule has 3 aromatic carbocycles. The van der Waals surface area contributed by atoms with Crippen LogP contribution in [0.4, 0.5) is 4.79 Å². The molecule has 0 unspecified atom stereocenters. The van der Waals surface area contributed by atoms with Gasteiger partial charge in [0.05, 0.1) is 12.7 Å². The van der Waals surface area contributed by atoms with Crippen molar-refractivity contribution in [2.24, 2.45) is 5.92 Å². The van der Waals surface area contributed by atoms with Crippen LogP contribution in [-0.4, -0.2) is 61.1 Å². The molecule has 3 N–H and O–H groups in total. The first-order valence-electron chi connectivity index (χ1n) is 13.8. The zero-order valence-electron chi connectivity index (χ0n) is 22.8. The molecule has 3 aromatic rings. The van der Waals surface area contributed by atoms with Crippen LogP contribution in [0.25, 0.3) is 11.1 Å². The van der Waals surface area contributed by atoms with Crippen molar-refractivity contribution in [3.8, 4) is 11.1 Å². The number of carbonyl (C=O) groups excluding carboxylic acids is 2. The number of alkyl carbamates (subject to hydrolysis) is 1. The van der Waals surface area contributed by atoms with Gasteiger partial charge in [-0.1, -0.05) is 78.9 Å². The Hall–Kier alpha value is -4.21. The molecule has 2 aliphatic rings. The van der Waals surface area contributed by atoms with Crippen molar-refractivity contribution in [3.63, 3.8) is 0 Å². The van der Waals surface area contributed by atoms with Crippen LogP contribution in [0.15, 0.2) is 78.9 Å².